The van der Waals surface area contributed by atoms with Crippen molar-refractivity contribution in [2.45, 2.75) is 38.3 Å². The zero-order chi connectivity index (χ0) is 23.0. The van der Waals surface area contributed by atoms with Crippen LogP contribution in [0.4, 0.5) is 5.69 Å². The van der Waals surface area contributed by atoms with Crippen molar-refractivity contribution >= 4 is 21.7 Å². The van der Waals surface area contributed by atoms with E-state index in [1.165, 1.54) is 4.31 Å². The molecule has 2 rings (SSSR count). The Morgan fingerprint density at radius 2 is 1.71 bits per heavy atom. The molecule has 9 heteroatoms. The number of methoxy groups -OCH3 is 2. The summed E-state index contributed by atoms with van der Waals surface area (Å²) in [6.07, 6.45) is 0. The van der Waals surface area contributed by atoms with E-state index in [1.54, 1.807) is 45.5 Å². The third kappa shape index (κ3) is 6.35. The average Bonchev–Trinajstić information content (AvgIpc) is 2.77. The van der Waals surface area contributed by atoms with E-state index in [1.807, 2.05) is 39.0 Å². The van der Waals surface area contributed by atoms with Gasteiger partial charge < -0.3 is 20.1 Å². The molecule has 0 atom stereocenters. The van der Waals surface area contributed by atoms with Gasteiger partial charge >= 0.3 is 0 Å². The van der Waals surface area contributed by atoms with Gasteiger partial charge in [-0.2, -0.15) is 4.31 Å². The number of guanidine groups is 1. The molecule has 2 aromatic rings. The molecular weight excluding hydrogens is 416 g/mol. The van der Waals surface area contributed by atoms with E-state index in [2.05, 4.69) is 15.6 Å². The normalized spacial score (nSPS) is 12.2. The lowest BCUT2D eigenvalue weighted by Gasteiger charge is -2.21. The van der Waals surface area contributed by atoms with Gasteiger partial charge in [-0.1, -0.05) is 12.1 Å². The molecule has 0 saturated heterocycles. The molecule has 2 N–H and O–H groups in total. The van der Waals surface area contributed by atoms with Crippen molar-refractivity contribution in [3.63, 3.8) is 0 Å². The molecule has 0 radical (unpaired) electrons. The highest BCUT2D eigenvalue weighted by atomic mass is 32.2. The molecule has 2 aromatic carbocycles. The van der Waals surface area contributed by atoms with Gasteiger partial charge in [0.2, 0.25) is 10.0 Å². The quantitative estimate of drug-likeness (QED) is 0.452. The summed E-state index contributed by atoms with van der Waals surface area (Å²) >= 11 is 0. The Labute approximate surface area is 185 Å². The number of nitrogens with zero attached hydrogens (tertiary/aromatic N) is 2. The highest BCUT2D eigenvalue weighted by Gasteiger charge is 2.22. The zero-order valence-electron chi connectivity index (χ0n) is 19.0. The number of benzene rings is 2. The highest BCUT2D eigenvalue weighted by Crippen LogP contribution is 2.29. The van der Waals surface area contributed by atoms with E-state index in [4.69, 9.17) is 9.47 Å². The molecule has 0 spiro atoms. The van der Waals surface area contributed by atoms with Crippen LogP contribution in [-0.2, 0) is 16.6 Å². The molecule has 0 amide bonds. The van der Waals surface area contributed by atoms with Gasteiger partial charge in [-0.15, -0.1) is 0 Å². The molecule has 0 saturated carbocycles. The largest absolute Gasteiger partial charge is 0.493 e. The first-order valence-corrected chi connectivity index (χ1v) is 11.5. The number of aliphatic imine (C=N–C) groups is 1. The molecule has 31 heavy (non-hydrogen) atoms. The third-order valence-corrected chi connectivity index (χ3v) is 6.79. The number of hydrogen-bond acceptors (Lipinski definition) is 5. The van der Waals surface area contributed by atoms with Crippen LogP contribution in [0.3, 0.4) is 0 Å². The second-order valence-electron chi connectivity index (χ2n) is 7.15. The number of hydrogen-bond donors (Lipinski definition) is 2. The zero-order valence-corrected chi connectivity index (χ0v) is 19.8. The molecule has 0 aliphatic carbocycles. The lowest BCUT2D eigenvalue weighted by atomic mass is 10.2. The van der Waals surface area contributed by atoms with E-state index in [-0.39, 0.29) is 10.9 Å². The van der Waals surface area contributed by atoms with Crippen LogP contribution >= 0.6 is 0 Å². The predicted molar refractivity (Wildman–Crippen MR) is 125 cm³/mol. The Hall–Kier alpha value is -2.78. The first kappa shape index (κ1) is 24.5. The first-order chi connectivity index (χ1) is 14.7. The maximum atomic E-state index is 12.6. The van der Waals surface area contributed by atoms with Gasteiger partial charge in [-0.25, -0.2) is 13.4 Å². The summed E-state index contributed by atoms with van der Waals surface area (Å²) in [5.41, 5.74) is 1.70. The van der Waals surface area contributed by atoms with Crippen molar-refractivity contribution in [2.75, 3.05) is 33.1 Å². The molecule has 8 nitrogen and oxygen atoms in total. The van der Waals surface area contributed by atoms with E-state index < -0.39 is 10.0 Å². The van der Waals surface area contributed by atoms with Gasteiger partial charge in [-0.3, -0.25) is 0 Å². The van der Waals surface area contributed by atoms with E-state index >= 15 is 0 Å². The van der Waals surface area contributed by atoms with Gasteiger partial charge in [0.15, 0.2) is 17.5 Å². The van der Waals surface area contributed by atoms with Crippen molar-refractivity contribution in [3.05, 3.63) is 48.0 Å². The van der Waals surface area contributed by atoms with E-state index in [0.717, 1.165) is 11.3 Å². The minimum Gasteiger partial charge on any atom is -0.493 e. The van der Waals surface area contributed by atoms with Crippen molar-refractivity contribution in [1.82, 2.24) is 9.62 Å². The molecule has 0 fully saturated rings. The summed E-state index contributed by atoms with van der Waals surface area (Å²) in [7, 11) is 1.26. The van der Waals surface area contributed by atoms with Gasteiger partial charge in [0, 0.05) is 31.4 Å². The number of rotatable bonds is 9. The Morgan fingerprint density at radius 1 is 1.06 bits per heavy atom. The molecule has 0 unspecified atom stereocenters. The molecule has 0 bridgehead atoms. The Morgan fingerprint density at radius 3 is 2.26 bits per heavy atom. The summed E-state index contributed by atoms with van der Waals surface area (Å²) < 4.78 is 37.2. The first-order valence-electron chi connectivity index (χ1n) is 10.1. The van der Waals surface area contributed by atoms with Crippen LogP contribution in [0.5, 0.6) is 11.5 Å². The monoisotopic (exact) mass is 448 g/mol. The molecular formula is C22H32N4O4S. The fourth-order valence-corrected chi connectivity index (χ4v) is 4.11. The van der Waals surface area contributed by atoms with Gasteiger partial charge in [-0.05, 0) is 50.6 Å². The summed E-state index contributed by atoms with van der Waals surface area (Å²) in [5.74, 6) is 1.87. The SMILES string of the molecule is CCNC(=NCc1ccc(S(=O)(=O)N(C)C(C)C)cc1)Nc1ccc(OC)c(OC)c1. The van der Waals surface area contributed by atoms with Crippen molar-refractivity contribution < 1.29 is 17.9 Å². The summed E-state index contributed by atoms with van der Waals surface area (Å²) in [5, 5.41) is 6.43. The summed E-state index contributed by atoms with van der Waals surface area (Å²) in [6, 6.07) is 12.2. The Bertz CT molecular complexity index is 989. The lowest BCUT2D eigenvalue weighted by molar-refractivity contribution is 0.355. The van der Waals surface area contributed by atoms with Crippen molar-refractivity contribution in [2.24, 2.45) is 4.99 Å². The van der Waals surface area contributed by atoms with Crippen molar-refractivity contribution in [3.8, 4) is 11.5 Å². The maximum absolute atomic E-state index is 12.6. The van der Waals surface area contributed by atoms with Crippen LogP contribution < -0.4 is 20.1 Å². The Balaban J connectivity index is 2.15. The van der Waals surface area contributed by atoms with E-state index in [0.29, 0.717) is 30.5 Å². The van der Waals surface area contributed by atoms with Gasteiger partial charge in [0.1, 0.15) is 0 Å². The summed E-state index contributed by atoms with van der Waals surface area (Å²) in [6.45, 7) is 6.75. The lowest BCUT2D eigenvalue weighted by Crippen LogP contribution is -2.33. The molecule has 170 valence electrons. The molecule has 0 heterocycles. The van der Waals surface area contributed by atoms with Crippen LogP contribution in [0.2, 0.25) is 0 Å². The second kappa shape index (κ2) is 11.0. The number of nitrogens with one attached hydrogen (secondary N) is 2. The number of sulfonamides is 1. The fraction of sp³-hybridized carbons (Fsp3) is 0.409. The molecule has 0 aromatic heterocycles. The fourth-order valence-electron chi connectivity index (χ4n) is 2.74. The summed E-state index contributed by atoms with van der Waals surface area (Å²) in [4.78, 5) is 4.86. The average molecular weight is 449 g/mol. The third-order valence-electron chi connectivity index (χ3n) is 4.74. The smallest absolute Gasteiger partial charge is 0.243 e. The maximum Gasteiger partial charge on any atom is 0.243 e. The van der Waals surface area contributed by atoms with Crippen LogP contribution in [0.25, 0.3) is 0 Å². The molecule has 0 aliphatic rings. The van der Waals surface area contributed by atoms with Crippen LogP contribution in [0.1, 0.15) is 26.3 Å². The minimum absolute atomic E-state index is 0.111. The topological polar surface area (TPSA) is 92.3 Å². The highest BCUT2D eigenvalue weighted by molar-refractivity contribution is 7.89. The van der Waals surface area contributed by atoms with Crippen LogP contribution in [0.15, 0.2) is 52.4 Å². The van der Waals surface area contributed by atoms with Crippen LogP contribution in [-0.4, -0.2) is 52.5 Å². The standard InChI is InChI=1S/C22H32N4O4S/c1-7-23-22(25-18-10-13-20(29-5)21(14-18)30-6)24-15-17-8-11-19(12-9-17)31(27,28)26(4)16(2)3/h8-14,16H,7,15H2,1-6H3,(H2,23,24,25). The van der Waals surface area contributed by atoms with E-state index in [9.17, 15) is 8.42 Å². The second-order valence-corrected chi connectivity index (χ2v) is 9.15. The van der Waals surface area contributed by atoms with Gasteiger partial charge in [0.25, 0.3) is 0 Å². The van der Waals surface area contributed by atoms with Crippen LogP contribution in [0, 0.1) is 0 Å². The minimum atomic E-state index is -3.50. The number of ether oxygens (including phenoxy) is 2. The predicted octanol–water partition coefficient (Wildman–Crippen LogP) is 3.31. The number of anilines is 1. The van der Waals surface area contributed by atoms with Crippen molar-refractivity contribution in [1.29, 1.82) is 0 Å². The Kier molecular flexibility index (Phi) is 8.70. The molecule has 0 aliphatic heterocycles. The van der Waals surface area contributed by atoms with Gasteiger partial charge in [0.05, 0.1) is 25.7 Å².